The van der Waals surface area contributed by atoms with E-state index >= 15 is 0 Å². The summed E-state index contributed by atoms with van der Waals surface area (Å²) in [6.07, 6.45) is 1.96. The summed E-state index contributed by atoms with van der Waals surface area (Å²) in [5.74, 6) is -0.0630. The van der Waals surface area contributed by atoms with Crippen LogP contribution in [0.15, 0.2) is 24.3 Å². The van der Waals surface area contributed by atoms with E-state index in [0.717, 1.165) is 24.2 Å². The molecule has 1 aromatic rings. The molecular weight excluding hydrogens is 348 g/mol. The van der Waals surface area contributed by atoms with E-state index in [4.69, 9.17) is 9.47 Å². The minimum absolute atomic E-state index is 0.174. The van der Waals surface area contributed by atoms with Gasteiger partial charge in [0.1, 0.15) is 11.8 Å². The molecule has 1 heterocycles. The van der Waals surface area contributed by atoms with Gasteiger partial charge in [-0.05, 0) is 42.9 Å². The zero-order chi connectivity index (χ0) is 19.9. The first kappa shape index (κ1) is 21.0. The van der Waals surface area contributed by atoms with Gasteiger partial charge in [0, 0.05) is 25.2 Å². The number of carbonyl (C=O) groups excluding carboxylic acids is 1. The average molecular weight is 378 g/mol. The van der Waals surface area contributed by atoms with Crippen LogP contribution in [0.4, 0.5) is 4.79 Å². The number of rotatable bonds is 8. The number of urea groups is 1. The number of aliphatic carboxylic acids is 1. The molecule has 0 aromatic heterocycles. The molecule has 1 aromatic carbocycles. The number of carboxylic acid groups (broad SMARTS) is 1. The minimum atomic E-state index is -1.02. The third kappa shape index (κ3) is 5.85. The summed E-state index contributed by atoms with van der Waals surface area (Å²) >= 11 is 0. The Kier molecular flexibility index (Phi) is 7.47. The highest BCUT2D eigenvalue weighted by atomic mass is 16.5. The number of nitrogens with one attached hydrogen (secondary N) is 2. The van der Waals surface area contributed by atoms with Gasteiger partial charge in [-0.25, -0.2) is 9.59 Å². The molecule has 0 aliphatic carbocycles. The van der Waals surface area contributed by atoms with Crippen LogP contribution in [0, 0.1) is 5.92 Å². The van der Waals surface area contributed by atoms with Crippen LogP contribution in [0.2, 0.25) is 0 Å². The van der Waals surface area contributed by atoms with E-state index in [1.165, 1.54) is 0 Å². The van der Waals surface area contributed by atoms with Crippen LogP contribution < -0.4 is 15.4 Å². The van der Waals surface area contributed by atoms with Crippen molar-refractivity contribution < 1.29 is 24.2 Å². The van der Waals surface area contributed by atoms with Crippen molar-refractivity contribution >= 4 is 12.0 Å². The number of carboxylic acids is 1. The van der Waals surface area contributed by atoms with Crippen molar-refractivity contribution in [2.45, 2.75) is 44.6 Å². The fraction of sp³-hybridized carbons (Fsp3) is 0.600. The van der Waals surface area contributed by atoms with Gasteiger partial charge in [0.05, 0.1) is 7.11 Å². The van der Waals surface area contributed by atoms with Crippen LogP contribution in [0.3, 0.4) is 0 Å². The highest BCUT2D eigenvalue weighted by Gasteiger charge is 2.35. The second-order valence-corrected chi connectivity index (χ2v) is 7.47. The van der Waals surface area contributed by atoms with Gasteiger partial charge in [-0.1, -0.05) is 26.0 Å². The van der Waals surface area contributed by atoms with E-state index in [0.29, 0.717) is 26.2 Å². The molecule has 0 unspecified atom stereocenters. The molecule has 3 N–H and O–H groups in total. The zero-order valence-electron chi connectivity index (χ0n) is 16.3. The zero-order valence-corrected chi connectivity index (χ0v) is 16.3. The third-order valence-electron chi connectivity index (χ3n) is 5.05. The monoisotopic (exact) mass is 378 g/mol. The number of methoxy groups -OCH3 is 1. The quantitative estimate of drug-likeness (QED) is 0.646. The molecule has 7 nitrogen and oxygen atoms in total. The average Bonchev–Trinajstić information content (AvgIpc) is 2.66. The largest absolute Gasteiger partial charge is 0.497 e. The highest BCUT2D eigenvalue weighted by molar-refractivity contribution is 5.82. The summed E-state index contributed by atoms with van der Waals surface area (Å²) in [6.45, 7) is 5.52. The molecule has 2 amide bonds. The van der Waals surface area contributed by atoms with E-state index in [-0.39, 0.29) is 11.3 Å². The first-order chi connectivity index (χ1) is 12.9. The lowest BCUT2D eigenvalue weighted by Gasteiger charge is -2.38. The maximum absolute atomic E-state index is 12.3. The van der Waals surface area contributed by atoms with Crippen LogP contribution in [0.25, 0.3) is 0 Å². The Morgan fingerprint density at radius 1 is 1.22 bits per heavy atom. The minimum Gasteiger partial charge on any atom is -0.497 e. The van der Waals surface area contributed by atoms with Crippen molar-refractivity contribution in [3.05, 3.63) is 29.8 Å². The Hall–Kier alpha value is -2.28. The lowest BCUT2D eigenvalue weighted by Crippen LogP contribution is -2.51. The third-order valence-corrected chi connectivity index (χ3v) is 5.05. The van der Waals surface area contributed by atoms with Crippen molar-refractivity contribution in [3.63, 3.8) is 0 Å². The Morgan fingerprint density at radius 2 is 1.85 bits per heavy atom. The first-order valence-electron chi connectivity index (χ1n) is 9.36. The second kappa shape index (κ2) is 9.60. The summed E-state index contributed by atoms with van der Waals surface area (Å²) in [4.78, 5) is 23.7. The predicted molar refractivity (Wildman–Crippen MR) is 102 cm³/mol. The van der Waals surface area contributed by atoms with Gasteiger partial charge in [-0.2, -0.15) is 0 Å². The standard InChI is InChI=1S/C20H30N2O5/c1-14(2)12-17(18(23)24)22-19(25)21-13-20(8-10-27-11-9-20)15-4-6-16(26-3)7-5-15/h4-7,14,17H,8-13H2,1-3H3,(H,23,24)(H2,21,22,25)/t17-/m0/s1. The number of carbonyl (C=O) groups is 2. The molecular formula is C20H30N2O5. The molecule has 0 bridgehead atoms. The maximum atomic E-state index is 12.3. The van der Waals surface area contributed by atoms with E-state index < -0.39 is 18.0 Å². The van der Waals surface area contributed by atoms with Gasteiger partial charge in [-0.15, -0.1) is 0 Å². The van der Waals surface area contributed by atoms with Crippen molar-refractivity contribution in [1.82, 2.24) is 10.6 Å². The smallest absolute Gasteiger partial charge is 0.326 e. The van der Waals surface area contributed by atoms with Crippen molar-refractivity contribution in [1.29, 1.82) is 0 Å². The molecule has 2 rings (SSSR count). The van der Waals surface area contributed by atoms with Gasteiger partial charge in [0.15, 0.2) is 0 Å². The molecule has 7 heteroatoms. The summed E-state index contributed by atoms with van der Waals surface area (Å²) in [6, 6.07) is 6.51. The molecule has 0 spiro atoms. The lowest BCUT2D eigenvalue weighted by atomic mass is 9.74. The fourth-order valence-corrected chi connectivity index (χ4v) is 3.43. The topological polar surface area (TPSA) is 96.9 Å². The van der Waals surface area contributed by atoms with Gasteiger partial charge in [0.25, 0.3) is 0 Å². The van der Waals surface area contributed by atoms with E-state index in [1.54, 1.807) is 7.11 Å². The van der Waals surface area contributed by atoms with E-state index in [9.17, 15) is 14.7 Å². The lowest BCUT2D eigenvalue weighted by molar-refractivity contribution is -0.139. The number of hydrogen-bond donors (Lipinski definition) is 3. The summed E-state index contributed by atoms with van der Waals surface area (Å²) < 4.78 is 10.7. The Morgan fingerprint density at radius 3 is 2.37 bits per heavy atom. The van der Waals surface area contributed by atoms with Crippen LogP contribution >= 0.6 is 0 Å². The van der Waals surface area contributed by atoms with Gasteiger partial charge in [0.2, 0.25) is 0 Å². The normalized spacial score (nSPS) is 17.2. The Labute approximate surface area is 160 Å². The number of hydrogen-bond acceptors (Lipinski definition) is 4. The molecule has 150 valence electrons. The molecule has 1 saturated heterocycles. The Balaban J connectivity index is 2.05. The molecule has 0 saturated carbocycles. The van der Waals surface area contributed by atoms with Gasteiger partial charge < -0.3 is 25.2 Å². The molecule has 1 aliphatic rings. The molecule has 0 radical (unpaired) electrons. The van der Waals surface area contributed by atoms with Crippen molar-refractivity contribution in [2.24, 2.45) is 5.92 Å². The molecule has 1 fully saturated rings. The number of benzene rings is 1. The highest BCUT2D eigenvalue weighted by Crippen LogP contribution is 2.35. The van der Waals surface area contributed by atoms with Crippen LogP contribution in [0.1, 0.15) is 38.7 Å². The second-order valence-electron chi connectivity index (χ2n) is 7.47. The maximum Gasteiger partial charge on any atom is 0.326 e. The van der Waals surface area contributed by atoms with E-state index in [1.807, 2.05) is 38.1 Å². The van der Waals surface area contributed by atoms with E-state index in [2.05, 4.69) is 10.6 Å². The summed E-state index contributed by atoms with van der Waals surface area (Å²) in [7, 11) is 1.63. The molecule has 1 aliphatic heterocycles. The predicted octanol–water partition coefficient (Wildman–Crippen LogP) is 2.54. The van der Waals surface area contributed by atoms with Gasteiger partial charge in [-0.3, -0.25) is 0 Å². The number of amides is 2. The SMILES string of the molecule is COc1ccc(C2(CNC(=O)N[C@@H](CC(C)C)C(=O)O)CCOCC2)cc1. The van der Waals surface area contributed by atoms with Crippen molar-refractivity contribution in [3.8, 4) is 5.75 Å². The van der Waals surface area contributed by atoms with Gasteiger partial charge >= 0.3 is 12.0 Å². The molecule has 1 atom stereocenters. The van der Waals surface area contributed by atoms with Crippen LogP contribution in [-0.2, 0) is 14.9 Å². The molecule has 27 heavy (non-hydrogen) atoms. The summed E-state index contributed by atoms with van der Waals surface area (Å²) in [5.41, 5.74) is 0.877. The number of ether oxygens (including phenoxy) is 2. The van der Waals surface area contributed by atoms with Crippen LogP contribution in [-0.4, -0.2) is 50.0 Å². The first-order valence-corrected chi connectivity index (χ1v) is 9.36. The van der Waals surface area contributed by atoms with Crippen molar-refractivity contribution in [2.75, 3.05) is 26.9 Å². The Bertz CT molecular complexity index is 624. The summed E-state index contributed by atoms with van der Waals surface area (Å²) in [5, 5.41) is 14.7. The van der Waals surface area contributed by atoms with Crippen LogP contribution in [0.5, 0.6) is 5.75 Å². The fourth-order valence-electron chi connectivity index (χ4n) is 3.43.